The van der Waals surface area contributed by atoms with Gasteiger partial charge < -0.3 is 25.8 Å². The smallest absolute Gasteiger partial charge is 0.387 e. The molecule has 0 saturated carbocycles. The maximum absolute atomic E-state index is 12.1. The summed E-state index contributed by atoms with van der Waals surface area (Å²) in [5, 5.41) is 4.83. The molecule has 2 aromatic rings. The molecule has 0 radical (unpaired) electrons. The highest BCUT2D eigenvalue weighted by Crippen LogP contribution is 2.18. The summed E-state index contributed by atoms with van der Waals surface area (Å²) in [5.74, 6) is -1.40. The fourth-order valence-corrected chi connectivity index (χ4v) is 2.08. The van der Waals surface area contributed by atoms with E-state index in [1.165, 1.54) is 55.5 Å². The van der Waals surface area contributed by atoms with E-state index < -0.39 is 30.6 Å². The lowest BCUT2D eigenvalue weighted by atomic mass is 10.2. The largest absolute Gasteiger partial charge is 0.449 e. The Morgan fingerprint density at radius 1 is 0.929 bits per heavy atom. The first kappa shape index (κ1) is 20.6. The van der Waals surface area contributed by atoms with Gasteiger partial charge in [0.05, 0.1) is 5.56 Å². The van der Waals surface area contributed by atoms with E-state index in [0.29, 0.717) is 11.4 Å². The van der Waals surface area contributed by atoms with Crippen LogP contribution in [-0.2, 0) is 9.53 Å². The van der Waals surface area contributed by atoms with Gasteiger partial charge in [0.15, 0.2) is 6.10 Å². The molecule has 148 valence electrons. The van der Waals surface area contributed by atoms with Gasteiger partial charge in [0, 0.05) is 11.4 Å². The summed E-state index contributed by atoms with van der Waals surface area (Å²) in [6, 6.07) is 10.2. The molecule has 28 heavy (non-hydrogen) atoms. The molecule has 0 fully saturated rings. The monoisotopic (exact) mass is 393 g/mol. The van der Waals surface area contributed by atoms with Crippen molar-refractivity contribution in [2.24, 2.45) is 5.73 Å². The lowest BCUT2D eigenvalue weighted by Crippen LogP contribution is -2.30. The molecular weight excluding hydrogens is 376 g/mol. The van der Waals surface area contributed by atoms with E-state index in [0.717, 1.165) is 0 Å². The molecule has 10 heteroatoms. The summed E-state index contributed by atoms with van der Waals surface area (Å²) >= 11 is 0. The lowest BCUT2D eigenvalue weighted by Gasteiger charge is -2.14. The average molecular weight is 393 g/mol. The zero-order valence-corrected chi connectivity index (χ0v) is 14.6. The molecule has 0 aliphatic carbocycles. The van der Waals surface area contributed by atoms with Crippen LogP contribution in [0.2, 0.25) is 0 Å². The van der Waals surface area contributed by atoms with Crippen LogP contribution >= 0.6 is 0 Å². The molecule has 0 aliphatic rings. The minimum atomic E-state index is -2.94. The number of anilines is 2. The highest BCUT2D eigenvalue weighted by atomic mass is 19.3. The number of primary amides is 1. The van der Waals surface area contributed by atoms with Crippen LogP contribution in [0, 0.1) is 0 Å². The second-order valence-electron chi connectivity index (χ2n) is 5.51. The second-order valence-corrected chi connectivity index (χ2v) is 5.51. The molecule has 0 heterocycles. The van der Waals surface area contributed by atoms with Gasteiger partial charge in [-0.2, -0.15) is 8.78 Å². The first-order chi connectivity index (χ1) is 13.2. The van der Waals surface area contributed by atoms with E-state index in [2.05, 4.69) is 15.4 Å². The van der Waals surface area contributed by atoms with Crippen molar-refractivity contribution >= 4 is 29.3 Å². The minimum absolute atomic E-state index is 0.0539. The van der Waals surface area contributed by atoms with Gasteiger partial charge in [0.25, 0.3) is 5.91 Å². The number of alkyl halides is 2. The Morgan fingerprint density at radius 3 is 2.00 bits per heavy atom. The molecular formula is C18H17F2N3O5. The normalized spacial score (nSPS) is 11.4. The van der Waals surface area contributed by atoms with Crippen LogP contribution in [0.25, 0.3) is 0 Å². The lowest BCUT2D eigenvalue weighted by molar-refractivity contribution is -0.123. The summed E-state index contributed by atoms with van der Waals surface area (Å²) < 4.78 is 33.5. The van der Waals surface area contributed by atoms with Crippen LogP contribution in [0.4, 0.5) is 25.0 Å². The van der Waals surface area contributed by atoms with Crippen LogP contribution in [0.15, 0.2) is 48.5 Å². The number of nitrogens with one attached hydrogen (secondary N) is 2. The molecule has 0 saturated heterocycles. The maximum atomic E-state index is 12.1. The van der Waals surface area contributed by atoms with Gasteiger partial charge >= 0.3 is 18.6 Å². The number of ether oxygens (including phenoxy) is 2. The first-order valence-electron chi connectivity index (χ1n) is 7.98. The van der Waals surface area contributed by atoms with Crippen molar-refractivity contribution < 1.29 is 32.6 Å². The van der Waals surface area contributed by atoms with Crippen molar-refractivity contribution in [3.8, 4) is 5.75 Å². The number of carbonyl (C=O) groups excluding carboxylic acids is 3. The number of esters is 1. The van der Waals surface area contributed by atoms with Crippen molar-refractivity contribution in [2.45, 2.75) is 19.6 Å². The number of rotatable bonds is 7. The number of nitrogens with two attached hydrogens (primary N) is 1. The van der Waals surface area contributed by atoms with Gasteiger partial charge in [0.1, 0.15) is 5.75 Å². The maximum Gasteiger partial charge on any atom is 0.387 e. The van der Waals surface area contributed by atoms with Crippen molar-refractivity contribution in [3.05, 3.63) is 54.1 Å². The number of hydrogen-bond acceptors (Lipinski definition) is 5. The molecule has 0 unspecified atom stereocenters. The number of amides is 3. The predicted molar refractivity (Wildman–Crippen MR) is 96.2 cm³/mol. The standard InChI is InChI=1S/C18H17F2N3O5/c1-10(15(24)22-12-6-8-14(9-7-12)28-17(19)20)27-16(25)11-2-4-13(5-3-11)23-18(21)26/h2-10,17H,1H3,(H,22,24)(H3,21,23,26)/t10-/m1/s1. The third kappa shape index (κ3) is 6.24. The Morgan fingerprint density at radius 2 is 1.46 bits per heavy atom. The van der Waals surface area contributed by atoms with Crippen molar-refractivity contribution in [3.63, 3.8) is 0 Å². The highest BCUT2D eigenvalue weighted by Gasteiger charge is 2.19. The van der Waals surface area contributed by atoms with E-state index in [1.54, 1.807) is 0 Å². The molecule has 3 amide bonds. The molecule has 0 spiro atoms. The van der Waals surface area contributed by atoms with Gasteiger partial charge in [-0.3, -0.25) is 4.79 Å². The molecule has 0 aliphatic heterocycles. The topological polar surface area (TPSA) is 120 Å². The van der Waals surface area contributed by atoms with Gasteiger partial charge in [-0.15, -0.1) is 0 Å². The molecule has 0 bridgehead atoms. The second kappa shape index (κ2) is 9.31. The number of benzene rings is 2. The molecule has 0 aromatic heterocycles. The predicted octanol–water partition coefficient (Wildman–Crippen LogP) is 2.96. The Labute approximate surface area is 158 Å². The Bertz CT molecular complexity index is 841. The number of urea groups is 1. The quantitative estimate of drug-likeness (QED) is 0.625. The summed E-state index contributed by atoms with van der Waals surface area (Å²) in [5.41, 5.74) is 5.87. The third-order valence-electron chi connectivity index (χ3n) is 3.39. The van der Waals surface area contributed by atoms with Crippen LogP contribution in [-0.4, -0.2) is 30.6 Å². The molecule has 2 aromatic carbocycles. The van der Waals surface area contributed by atoms with Gasteiger partial charge in [-0.05, 0) is 55.5 Å². The number of hydrogen-bond donors (Lipinski definition) is 3. The van der Waals surface area contributed by atoms with Gasteiger partial charge in [0.2, 0.25) is 0 Å². The van der Waals surface area contributed by atoms with E-state index in [-0.39, 0.29) is 11.3 Å². The van der Waals surface area contributed by atoms with Crippen LogP contribution < -0.4 is 21.1 Å². The molecule has 2 rings (SSSR count). The summed E-state index contributed by atoms with van der Waals surface area (Å²) in [6.45, 7) is -1.56. The Kier molecular flexibility index (Phi) is 6.85. The first-order valence-corrected chi connectivity index (χ1v) is 7.98. The fraction of sp³-hybridized carbons (Fsp3) is 0.167. The van der Waals surface area contributed by atoms with Gasteiger partial charge in [-0.25, -0.2) is 9.59 Å². The molecule has 1 atom stereocenters. The third-order valence-corrected chi connectivity index (χ3v) is 3.39. The van der Waals surface area contributed by atoms with E-state index in [9.17, 15) is 23.2 Å². The minimum Gasteiger partial charge on any atom is -0.449 e. The Hall–Kier alpha value is -3.69. The highest BCUT2D eigenvalue weighted by molar-refractivity contribution is 5.97. The van der Waals surface area contributed by atoms with Crippen molar-refractivity contribution in [1.82, 2.24) is 0 Å². The SMILES string of the molecule is C[C@@H](OC(=O)c1ccc(NC(N)=O)cc1)C(=O)Nc1ccc(OC(F)F)cc1. The molecule has 8 nitrogen and oxygen atoms in total. The average Bonchev–Trinajstić information content (AvgIpc) is 2.63. The van der Waals surface area contributed by atoms with E-state index in [4.69, 9.17) is 10.5 Å². The zero-order chi connectivity index (χ0) is 20.7. The fourth-order valence-electron chi connectivity index (χ4n) is 2.08. The number of halogens is 2. The van der Waals surface area contributed by atoms with Crippen molar-refractivity contribution in [2.75, 3.05) is 10.6 Å². The van der Waals surface area contributed by atoms with Crippen LogP contribution in [0.5, 0.6) is 5.75 Å². The summed E-state index contributed by atoms with van der Waals surface area (Å²) in [7, 11) is 0. The van der Waals surface area contributed by atoms with Crippen LogP contribution in [0.1, 0.15) is 17.3 Å². The van der Waals surface area contributed by atoms with Crippen LogP contribution in [0.3, 0.4) is 0 Å². The number of carbonyl (C=O) groups is 3. The van der Waals surface area contributed by atoms with Gasteiger partial charge in [-0.1, -0.05) is 0 Å². The molecule has 4 N–H and O–H groups in total. The van der Waals surface area contributed by atoms with E-state index >= 15 is 0 Å². The summed E-state index contributed by atoms with van der Waals surface area (Å²) in [4.78, 5) is 35.0. The Balaban J connectivity index is 1.90. The summed E-state index contributed by atoms with van der Waals surface area (Å²) in [6.07, 6.45) is -1.12. The zero-order valence-electron chi connectivity index (χ0n) is 14.6. The van der Waals surface area contributed by atoms with E-state index in [1.807, 2.05) is 0 Å². The van der Waals surface area contributed by atoms with Crippen molar-refractivity contribution in [1.29, 1.82) is 0 Å².